The van der Waals surface area contributed by atoms with Crippen LogP contribution in [0.3, 0.4) is 0 Å². The predicted octanol–water partition coefficient (Wildman–Crippen LogP) is 3.35. The van der Waals surface area contributed by atoms with Crippen molar-refractivity contribution in [1.29, 1.82) is 0 Å². The Labute approximate surface area is 153 Å². The highest BCUT2D eigenvalue weighted by Gasteiger charge is 2.41. The van der Waals surface area contributed by atoms with Crippen molar-refractivity contribution in [2.45, 2.75) is 45.4 Å². The van der Waals surface area contributed by atoms with Gasteiger partial charge in [-0.25, -0.2) is 0 Å². The van der Waals surface area contributed by atoms with Crippen LogP contribution < -0.4 is 0 Å². The fourth-order valence-electron chi connectivity index (χ4n) is 2.50. The van der Waals surface area contributed by atoms with Crippen LogP contribution in [0.2, 0.25) is 0 Å². The van der Waals surface area contributed by atoms with Crippen LogP contribution in [-0.4, -0.2) is 36.6 Å². The molecular formula is C19H27NO6. The molecule has 0 fully saturated rings. The SMILES string of the molecule is CCCCOC(=O)C(C(=O)OCCCC)[C@@H](C[N+](=O)[O-])c1ccccc1. The summed E-state index contributed by atoms with van der Waals surface area (Å²) in [5, 5.41) is 11.2. The summed E-state index contributed by atoms with van der Waals surface area (Å²) in [7, 11) is 0. The largest absolute Gasteiger partial charge is 0.465 e. The van der Waals surface area contributed by atoms with Gasteiger partial charge in [-0.3, -0.25) is 19.7 Å². The number of nitrogens with zero attached hydrogens (tertiary/aromatic N) is 1. The minimum absolute atomic E-state index is 0.175. The van der Waals surface area contributed by atoms with E-state index in [4.69, 9.17) is 9.47 Å². The summed E-state index contributed by atoms with van der Waals surface area (Å²) >= 11 is 0. The summed E-state index contributed by atoms with van der Waals surface area (Å²) in [4.78, 5) is 35.7. The highest BCUT2D eigenvalue weighted by Crippen LogP contribution is 2.28. The number of unbranched alkanes of at least 4 members (excludes halogenated alkanes) is 2. The highest BCUT2D eigenvalue weighted by atomic mass is 16.6. The Bertz CT molecular complexity index is 553. The van der Waals surface area contributed by atoms with Crippen molar-refractivity contribution in [3.63, 3.8) is 0 Å². The molecule has 0 aromatic heterocycles. The molecular weight excluding hydrogens is 338 g/mol. The van der Waals surface area contributed by atoms with Crippen LogP contribution in [0.5, 0.6) is 0 Å². The van der Waals surface area contributed by atoms with E-state index in [9.17, 15) is 19.7 Å². The maximum absolute atomic E-state index is 12.5. The number of nitro groups is 1. The first-order valence-corrected chi connectivity index (χ1v) is 9.01. The van der Waals surface area contributed by atoms with Crippen molar-refractivity contribution >= 4 is 11.9 Å². The molecule has 0 aliphatic carbocycles. The maximum atomic E-state index is 12.5. The molecule has 0 saturated heterocycles. The van der Waals surface area contributed by atoms with Gasteiger partial charge in [0.1, 0.15) is 0 Å². The third-order valence-corrected chi connectivity index (χ3v) is 3.97. The topological polar surface area (TPSA) is 95.7 Å². The number of hydrogen-bond donors (Lipinski definition) is 0. The average molecular weight is 365 g/mol. The minimum Gasteiger partial charge on any atom is -0.465 e. The van der Waals surface area contributed by atoms with Crippen LogP contribution in [0.4, 0.5) is 0 Å². The first-order valence-electron chi connectivity index (χ1n) is 9.01. The van der Waals surface area contributed by atoms with Gasteiger partial charge in [0.15, 0.2) is 5.92 Å². The van der Waals surface area contributed by atoms with E-state index >= 15 is 0 Å². The third kappa shape index (κ3) is 7.21. The van der Waals surface area contributed by atoms with Crippen molar-refractivity contribution in [2.75, 3.05) is 19.8 Å². The lowest BCUT2D eigenvalue weighted by Crippen LogP contribution is -2.36. The van der Waals surface area contributed by atoms with Crippen LogP contribution >= 0.6 is 0 Å². The van der Waals surface area contributed by atoms with E-state index in [2.05, 4.69) is 0 Å². The van der Waals surface area contributed by atoms with Gasteiger partial charge in [0.2, 0.25) is 6.54 Å². The van der Waals surface area contributed by atoms with Crippen molar-refractivity contribution < 1.29 is 24.0 Å². The fourth-order valence-corrected chi connectivity index (χ4v) is 2.50. The second-order valence-corrected chi connectivity index (χ2v) is 6.05. The van der Waals surface area contributed by atoms with Gasteiger partial charge >= 0.3 is 11.9 Å². The molecule has 144 valence electrons. The molecule has 0 aliphatic heterocycles. The van der Waals surface area contributed by atoms with Crippen LogP contribution in [0.15, 0.2) is 30.3 Å². The number of benzene rings is 1. The Morgan fingerprint density at radius 2 is 1.50 bits per heavy atom. The van der Waals surface area contributed by atoms with Gasteiger partial charge in [-0.15, -0.1) is 0 Å². The first-order chi connectivity index (χ1) is 12.5. The van der Waals surface area contributed by atoms with Crippen LogP contribution in [-0.2, 0) is 19.1 Å². The lowest BCUT2D eigenvalue weighted by molar-refractivity contribution is -0.484. The zero-order chi connectivity index (χ0) is 19.4. The average Bonchev–Trinajstić information content (AvgIpc) is 2.62. The van der Waals surface area contributed by atoms with Gasteiger partial charge in [0, 0.05) is 4.92 Å². The first kappa shape index (κ1) is 21.6. The summed E-state index contributed by atoms with van der Waals surface area (Å²) in [5.74, 6) is -3.82. The summed E-state index contributed by atoms with van der Waals surface area (Å²) in [6.07, 6.45) is 2.98. The molecule has 0 N–H and O–H groups in total. The Balaban J connectivity index is 3.08. The van der Waals surface area contributed by atoms with Gasteiger partial charge in [-0.1, -0.05) is 57.0 Å². The molecule has 0 spiro atoms. The summed E-state index contributed by atoms with van der Waals surface area (Å²) in [6, 6.07) is 8.52. The molecule has 0 saturated carbocycles. The summed E-state index contributed by atoms with van der Waals surface area (Å²) in [6.45, 7) is 3.69. The van der Waals surface area contributed by atoms with Gasteiger partial charge < -0.3 is 9.47 Å². The van der Waals surface area contributed by atoms with E-state index in [1.807, 2.05) is 13.8 Å². The van der Waals surface area contributed by atoms with Crippen molar-refractivity contribution in [1.82, 2.24) is 0 Å². The molecule has 0 radical (unpaired) electrons. The Morgan fingerprint density at radius 1 is 1.00 bits per heavy atom. The fraction of sp³-hybridized carbons (Fsp3) is 0.579. The molecule has 0 bridgehead atoms. The number of rotatable bonds is 12. The minimum atomic E-state index is -1.35. The maximum Gasteiger partial charge on any atom is 0.321 e. The molecule has 7 heteroatoms. The van der Waals surface area contributed by atoms with E-state index in [1.54, 1.807) is 30.3 Å². The number of hydrogen-bond acceptors (Lipinski definition) is 6. The van der Waals surface area contributed by atoms with Gasteiger partial charge in [-0.05, 0) is 18.4 Å². The van der Waals surface area contributed by atoms with E-state index in [0.717, 1.165) is 12.8 Å². The lowest BCUT2D eigenvalue weighted by Gasteiger charge is -2.22. The molecule has 1 aromatic carbocycles. The molecule has 1 atom stereocenters. The number of carbonyl (C=O) groups is 2. The standard InChI is InChI=1S/C19H27NO6/c1-3-5-12-25-18(21)17(19(22)26-13-6-4-2)16(14-20(23)24)15-10-8-7-9-11-15/h7-11,16-17H,3-6,12-14H2,1-2H3/t16-/m0/s1. The molecule has 1 rings (SSSR count). The Morgan fingerprint density at radius 3 is 1.92 bits per heavy atom. The summed E-state index contributed by atoms with van der Waals surface area (Å²) in [5.41, 5.74) is 0.536. The zero-order valence-electron chi connectivity index (χ0n) is 15.4. The number of ether oxygens (including phenoxy) is 2. The smallest absolute Gasteiger partial charge is 0.321 e. The highest BCUT2D eigenvalue weighted by molar-refractivity contribution is 5.96. The Hall–Kier alpha value is -2.44. The van der Waals surface area contributed by atoms with E-state index in [0.29, 0.717) is 18.4 Å². The Kier molecular flexibility index (Phi) is 9.97. The second kappa shape index (κ2) is 12.0. The zero-order valence-corrected chi connectivity index (χ0v) is 15.4. The molecule has 0 amide bonds. The lowest BCUT2D eigenvalue weighted by atomic mass is 9.86. The van der Waals surface area contributed by atoms with Gasteiger partial charge in [0.05, 0.1) is 19.1 Å². The quantitative estimate of drug-likeness (QED) is 0.185. The van der Waals surface area contributed by atoms with Crippen molar-refractivity contribution in [2.24, 2.45) is 5.92 Å². The van der Waals surface area contributed by atoms with Crippen LogP contribution in [0.1, 0.15) is 51.0 Å². The third-order valence-electron chi connectivity index (χ3n) is 3.97. The van der Waals surface area contributed by atoms with Crippen LogP contribution in [0.25, 0.3) is 0 Å². The molecule has 1 aromatic rings. The summed E-state index contributed by atoms with van der Waals surface area (Å²) < 4.78 is 10.4. The normalized spacial score (nSPS) is 11.8. The van der Waals surface area contributed by atoms with Crippen molar-refractivity contribution in [3.8, 4) is 0 Å². The monoisotopic (exact) mass is 365 g/mol. The van der Waals surface area contributed by atoms with E-state index < -0.39 is 35.2 Å². The van der Waals surface area contributed by atoms with E-state index in [1.165, 1.54) is 0 Å². The van der Waals surface area contributed by atoms with Crippen molar-refractivity contribution in [3.05, 3.63) is 46.0 Å². The second-order valence-electron chi connectivity index (χ2n) is 6.05. The predicted molar refractivity (Wildman–Crippen MR) is 96.3 cm³/mol. The molecule has 0 aliphatic rings. The molecule has 7 nitrogen and oxygen atoms in total. The number of esters is 2. The van der Waals surface area contributed by atoms with Gasteiger partial charge in [-0.2, -0.15) is 0 Å². The number of carbonyl (C=O) groups excluding carboxylic acids is 2. The van der Waals surface area contributed by atoms with E-state index in [-0.39, 0.29) is 13.2 Å². The van der Waals surface area contributed by atoms with Gasteiger partial charge in [0.25, 0.3) is 0 Å². The molecule has 0 unspecified atom stereocenters. The molecule has 26 heavy (non-hydrogen) atoms. The molecule has 0 heterocycles. The van der Waals surface area contributed by atoms with Crippen LogP contribution in [0, 0.1) is 16.0 Å².